The van der Waals surface area contributed by atoms with Crippen molar-refractivity contribution in [1.29, 1.82) is 0 Å². The molecule has 0 saturated heterocycles. The largest absolute Gasteiger partial charge is 0.612 e. The standard InChI is InChI=1S/C17H15N3O3S2/c1-25(23)14-8-6-13(7-9-14)12-4-2-11(3-5-12)10-24-16-15(17(21)22)18-20-19-16/h2-9H,10H2,1H3,(H,21,22)(H,18,19,20). The van der Waals surface area contributed by atoms with E-state index in [0.717, 1.165) is 21.6 Å². The highest BCUT2D eigenvalue weighted by Crippen LogP contribution is 2.26. The number of nitrogens with zero attached hydrogens (tertiary/aromatic N) is 2. The van der Waals surface area contributed by atoms with E-state index in [0.29, 0.717) is 10.8 Å². The Bertz CT molecular complexity index is 862. The van der Waals surface area contributed by atoms with Gasteiger partial charge >= 0.3 is 5.97 Å². The molecule has 3 rings (SSSR count). The minimum Gasteiger partial charge on any atom is -0.612 e. The SMILES string of the molecule is C[S+]([O-])c1ccc(-c2ccc(CSc3[nH]nnc3C(=O)O)cc2)cc1. The van der Waals surface area contributed by atoms with Gasteiger partial charge in [0.25, 0.3) is 0 Å². The number of aromatic carboxylic acids is 1. The number of aromatic nitrogens is 3. The summed E-state index contributed by atoms with van der Waals surface area (Å²) in [5, 5.41) is 19.1. The van der Waals surface area contributed by atoms with Gasteiger partial charge in [0.15, 0.2) is 4.90 Å². The molecule has 1 aromatic heterocycles. The first-order valence-electron chi connectivity index (χ1n) is 7.34. The lowest BCUT2D eigenvalue weighted by atomic mass is 10.0. The zero-order chi connectivity index (χ0) is 17.8. The van der Waals surface area contributed by atoms with Gasteiger partial charge in [-0.1, -0.05) is 41.2 Å². The van der Waals surface area contributed by atoms with Crippen molar-refractivity contribution in [2.24, 2.45) is 0 Å². The van der Waals surface area contributed by atoms with Crippen molar-refractivity contribution in [1.82, 2.24) is 15.4 Å². The number of rotatable bonds is 6. The molecule has 0 amide bonds. The van der Waals surface area contributed by atoms with E-state index < -0.39 is 17.1 Å². The van der Waals surface area contributed by atoms with E-state index in [1.807, 2.05) is 48.5 Å². The van der Waals surface area contributed by atoms with Crippen molar-refractivity contribution < 1.29 is 14.5 Å². The number of benzene rings is 2. The molecule has 2 N–H and O–H groups in total. The van der Waals surface area contributed by atoms with Crippen LogP contribution < -0.4 is 0 Å². The number of hydrogen-bond acceptors (Lipinski definition) is 5. The van der Waals surface area contributed by atoms with Gasteiger partial charge in [-0.3, -0.25) is 5.10 Å². The predicted octanol–water partition coefficient (Wildman–Crippen LogP) is 3.20. The quantitative estimate of drug-likeness (QED) is 0.508. The zero-order valence-electron chi connectivity index (χ0n) is 13.3. The second-order valence-corrected chi connectivity index (χ2v) is 7.62. The summed E-state index contributed by atoms with van der Waals surface area (Å²) in [7, 11) is 0. The van der Waals surface area contributed by atoms with Crippen LogP contribution in [0.4, 0.5) is 0 Å². The number of nitrogens with one attached hydrogen (secondary N) is 1. The van der Waals surface area contributed by atoms with Crippen LogP contribution in [0.1, 0.15) is 16.1 Å². The average Bonchev–Trinajstić information content (AvgIpc) is 3.09. The maximum absolute atomic E-state index is 11.4. The molecule has 0 aliphatic carbocycles. The molecule has 0 spiro atoms. The highest BCUT2D eigenvalue weighted by Gasteiger charge is 2.15. The number of H-pyrrole nitrogens is 1. The molecule has 8 heteroatoms. The van der Waals surface area contributed by atoms with Crippen LogP contribution in [0.3, 0.4) is 0 Å². The zero-order valence-corrected chi connectivity index (χ0v) is 14.9. The van der Waals surface area contributed by atoms with Crippen LogP contribution in [-0.4, -0.2) is 37.3 Å². The second-order valence-electron chi connectivity index (χ2n) is 5.26. The maximum Gasteiger partial charge on any atom is 0.359 e. The van der Waals surface area contributed by atoms with E-state index in [-0.39, 0.29) is 5.69 Å². The number of aromatic amines is 1. The van der Waals surface area contributed by atoms with Gasteiger partial charge in [0.2, 0.25) is 5.69 Å². The van der Waals surface area contributed by atoms with Gasteiger partial charge in [-0.2, -0.15) is 0 Å². The second kappa shape index (κ2) is 7.73. The van der Waals surface area contributed by atoms with Crippen LogP contribution in [0.2, 0.25) is 0 Å². The van der Waals surface area contributed by atoms with E-state index >= 15 is 0 Å². The third-order valence-electron chi connectivity index (χ3n) is 3.58. The molecule has 0 bridgehead atoms. The molecular weight excluding hydrogens is 358 g/mol. The Morgan fingerprint density at radius 2 is 1.76 bits per heavy atom. The first kappa shape index (κ1) is 17.5. The van der Waals surface area contributed by atoms with Gasteiger partial charge in [-0.15, -0.1) is 5.10 Å². The Morgan fingerprint density at radius 1 is 1.16 bits per heavy atom. The Morgan fingerprint density at radius 3 is 2.32 bits per heavy atom. The first-order valence-corrected chi connectivity index (χ1v) is 9.89. The minimum absolute atomic E-state index is 0.0602. The molecule has 0 radical (unpaired) electrons. The lowest BCUT2D eigenvalue weighted by Crippen LogP contribution is -1.98. The van der Waals surface area contributed by atoms with Gasteiger partial charge in [0.1, 0.15) is 11.3 Å². The minimum atomic E-state index is -1.09. The number of hydrogen-bond donors (Lipinski definition) is 2. The van der Waals surface area contributed by atoms with E-state index in [9.17, 15) is 9.35 Å². The molecule has 0 saturated carbocycles. The Balaban J connectivity index is 1.68. The summed E-state index contributed by atoms with van der Waals surface area (Å²) >= 11 is 0.369. The van der Waals surface area contributed by atoms with Crippen molar-refractivity contribution in [3.63, 3.8) is 0 Å². The Labute approximate surface area is 151 Å². The lowest BCUT2D eigenvalue weighted by molar-refractivity contribution is 0.0686. The van der Waals surface area contributed by atoms with E-state index in [1.165, 1.54) is 11.8 Å². The van der Waals surface area contributed by atoms with Gasteiger partial charge in [0.05, 0.1) is 0 Å². The van der Waals surface area contributed by atoms with Gasteiger partial charge in [-0.05, 0) is 52.1 Å². The predicted molar refractivity (Wildman–Crippen MR) is 97.1 cm³/mol. The fraction of sp³-hybridized carbons (Fsp3) is 0.118. The van der Waals surface area contributed by atoms with Crippen LogP contribution in [0.25, 0.3) is 11.1 Å². The van der Waals surface area contributed by atoms with Crippen LogP contribution in [-0.2, 0) is 16.9 Å². The van der Waals surface area contributed by atoms with Gasteiger partial charge in [0, 0.05) is 5.75 Å². The van der Waals surface area contributed by atoms with E-state index in [1.54, 1.807) is 6.26 Å². The maximum atomic E-state index is 11.4. The van der Waals surface area contributed by atoms with E-state index in [4.69, 9.17) is 5.11 Å². The molecule has 0 aliphatic rings. The fourth-order valence-electron chi connectivity index (χ4n) is 2.25. The third kappa shape index (κ3) is 4.22. The van der Waals surface area contributed by atoms with Gasteiger partial charge in [-0.25, -0.2) is 4.79 Å². The first-order chi connectivity index (χ1) is 12.0. The third-order valence-corrected chi connectivity index (χ3v) is 5.56. The smallest absolute Gasteiger partial charge is 0.359 e. The summed E-state index contributed by atoms with van der Waals surface area (Å²) in [6, 6.07) is 15.7. The summed E-state index contributed by atoms with van der Waals surface area (Å²) in [5.41, 5.74) is 3.12. The molecule has 1 atom stereocenters. The average molecular weight is 373 g/mol. The molecule has 0 aliphatic heterocycles. The molecular formula is C17H15N3O3S2. The van der Waals surface area contributed by atoms with Crippen LogP contribution in [0, 0.1) is 0 Å². The topological polar surface area (TPSA) is 102 Å². The number of carboxylic acids is 1. The number of carboxylic acid groups (broad SMARTS) is 1. The van der Waals surface area contributed by atoms with Crippen LogP contribution in [0.5, 0.6) is 0 Å². The Hall–Kier alpha value is -2.29. The molecule has 2 aromatic carbocycles. The lowest BCUT2D eigenvalue weighted by Gasteiger charge is -2.07. The summed E-state index contributed by atoms with van der Waals surface area (Å²) in [6.45, 7) is 0. The van der Waals surface area contributed by atoms with Crippen molar-refractivity contribution in [2.75, 3.05) is 6.26 Å². The highest BCUT2D eigenvalue weighted by atomic mass is 32.2. The van der Waals surface area contributed by atoms with E-state index in [2.05, 4.69) is 15.4 Å². The van der Waals surface area contributed by atoms with Crippen molar-refractivity contribution in [3.8, 4) is 11.1 Å². The number of carbonyl (C=O) groups is 1. The van der Waals surface area contributed by atoms with Gasteiger partial charge < -0.3 is 9.66 Å². The summed E-state index contributed by atoms with van der Waals surface area (Å²) in [6.07, 6.45) is 1.66. The van der Waals surface area contributed by atoms with Crippen LogP contribution >= 0.6 is 11.8 Å². The molecule has 1 heterocycles. The Kier molecular flexibility index (Phi) is 5.42. The molecule has 128 valence electrons. The van der Waals surface area contributed by atoms with Crippen molar-refractivity contribution in [2.45, 2.75) is 15.7 Å². The number of thioether (sulfide) groups is 1. The summed E-state index contributed by atoms with van der Waals surface area (Å²) in [4.78, 5) is 11.8. The fourth-order valence-corrected chi connectivity index (χ4v) is 3.64. The molecule has 1 unspecified atom stereocenters. The monoisotopic (exact) mass is 373 g/mol. The summed E-state index contributed by atoms with van der Waals surface area (Å²) < 4.78 is 11.4. The van der Waals surface area contributed by atoms with Crippen LogP contribution in [0.15, 0.2) is 58.5 Å². The normalized spacial score (nSPS) is 12.1. The summed E-state index contributed by atoms with van der Waals surface area (Å²) in [5.74, 6) is -0.485. The molecule has 0 fully saturated rings. The molecule has 3 aromatic rings. The van der Waals surface area contributed by atoms with Crippen molar-refractivity contribution >= 4 is 28.9 Å². The molecule has 6 nitrogen and oxygen atoms in total. The van der Waals surface area contributed by atoms with Crippen molar-refractivity contribution in [3.05, 3.63) is 59.8 Å². The highest BCUT2D eigenvalue weighted by molar-refractivity contribution is 7.98. The molecule has 25 heavy (non-hydrogen) atoms.